The molecule has 0 aromatic rings. The van der Waals surface area contributed by atoms with Gasteiger partial charge in [0, 0.05) is 12.0 Å². The Bertz CT molecular complexity index is 681. The fourth-order valence-corrected chi connectivity index (χ4v) is 4.65. The SMILES string of the molecule is C[C@H](SC1=C(C#N)C(C)(C)[C@H](C#N)C(=O)N1)C(=O)NCC1CCCCC1. The van der Waals surface area contributed by atoms with Crippen molar-refractivity contribution in [3.05, 3.63) is 10.6 Å². The molecule has 7 heteroatoms. The van der Waals surface area contributed by atoms with Crippen LogP contribution in [0, 0.1) is 39.9 Å². The lowest BCUT2D eigenvalue weighted by atomic mass is 9.72. The van der Waals surface area contributed by atoms with Crippen LogP contribution in [0.1, 0.15) is 52.9 Å². The first-order chi connectivity index (χ1) is 12.3. The number of hydrogen-bond acceptors (Lipinski definition) is 5. The predicted molar refractivity (Wildman–Crippen MR) is 100 cm³/mol. The van der Waals surface area contributed by atoms with Crippen molar-refractivity contribution in [1.29, 1.82) is 10.5 Å². The summed E-state index contributed by atoms with van der Waals surface area (Å²) < 4.78 is 0. The Morgan fingerprint density at radius 3 is 2.58 bits per heavy atom. The van der Waals surface area contributed by atoms with Crippen LogP contribution in [-0.4, -0.2) is 23.6 Å². The second-order valence-electron chi connectivity index (χ2n) is 7.60. The topological polar surface area (TPSA) is 106 Å². The van der Waals surface area contributed by atoms with E-state index in [2.05, 4.69) is 16.7 Å². The van der Waals surface area contributed by atoms with Gasteiger partial charge in [-0.15, -0.1) is 0 Å². The molecule has 0 aromatic heterocycles. The smallest absolute Gasteiger partial charge is 0.243 e. The Morgan fingerprint density at radius 1 is 1.35 bits per heavy atom. The van der Waals surface area contributed by atoms with Gasteiger partial charge < -0.3 is 10.6 Å². The Labute approximate surface area is 159 Å². The molecule has 1 aliphatic heterocycles. The molecular weight excluding hydrogens is 348 g/mol. The number of nitrogens with one attached hydrogen (secondary N) is 2. The van der Waals surface area contributed by atoms with E-state index < -0.39 is 22.5 Å². The minimum absolute atomic E-state index is 0.0974. The standard InChI is InChI=1S/C19H26N4O2S/c1-12(16(24)22-11-13-7-5-4-6-8-13)26-18-15(10-21)19(2,3)14(9-20)17(25)23-18/h12-14H,4-8,11H2,1-3H3,(H,22,24)(H,23,25)/t12-,14+/m0/s1. The van der Waals surface area contributed by atoms with E-state index in [0.717, 1.165) is 12.8 Å². The van der Waals surface area contributed by atoms with Crippen molar-refractivity contribution in [2.24, 2.45) is 17.3 Å². The minimum atomic E-state index is -0.920. The van der Waals surface area contributed by atoms with Crippen LogP contribution < -0.4 is 10.6 Å². The third-order valence-corrected chi connectivity index (χ3v) is 6.40. The second kappa shape index (κ2) is 8.60. The number of carbonyl (C=O) groups excluding carboxylic acids is 2. The Kier molecular flexibility index (Phi) is 6.72. The first-order valence-corrected chi connectivity index (χ1v) is 9.99. The van der Waals surface area contributed by atoms with E-state index in [0.29, 0.717) is 23.1 Å². The quantitative estimate of drug-likeness (QED) is 0.770. The molecule has 1 fully saturated rings. The van der Waals surface area contributed by atoms with Gasteiger partial charge in [0.1, 0.15) is 5.92 Å². The summed E-state index contributed by atoms with van der Waals surface area (Å²) in [6, 6.07) is 4.09. The van der Waals surface area contributed by atoms with Gasteiger partial charge in [0.05, 0.1) is 28.0 Å². The Balaban J connectivity index is 2.04. The van der Waals surface area contributed by atoms with E-state index in [1.54, 1.807) is 20.8 Å². The number of carbonyl (C=O) groups is 2. The van der Waals surface area contributed by atoms with Crippen LogP contribution in [-0.2, 0) is 9.59 Å². The fourth-order valence-electron chi connectivity index (χ4n) is 3.52. The molecule has 0 saturated heterocycles. The monoisotopic (exact) mass is 374 g/mol. The molecule has 140 valence electrons. The van der Waals surface area contributed by atoms with Crippen molar-refractivity contribution < 1.29 is 9.59 Å². The average Bonchev–Trinajstić information content (AvgIpc) is 2.60. The van der Waals surface area contributed by atoms with Gasteiger partial charge in [-0.2, -0.15) is 10.5 Å². The molecule has 6 nitrogen and oxygen atoms in total. The molecule has 1 heterocycles. The molecule has 0 radical (unpaired) electrons. The normalized spacial score (nSPS) is 24.2. The summed E-state index contributed by atoms with van der Waals surface area (Å²) in [5.41, 5.74) is -0.535. The van der Waals surface area contributed by atoms with Gasteiger partial charge >= 0.3 is 0 Å². The van der Waals surface area contributed by atoms with Crippen molar-refractivity contribution in [1.82, 2.24) is 10.6 Å². The predicted octanol–water partition coefficient (Wildman–Crippen LogP) is 2.84. The first kappa shape index (κ1) is 20.3. The van der Waals surface area contributed by atoms with Crippen LogP contribution in [0.3, 0.4) is 0 Å². The number of thioether (sulfide) groups is 1. The van der Waals surface area contributed by atoms with Crippen molar-refractivity contribution in [3.8, 4) is 12.1 Å². The van der Waals surface area contributed by atoms with E-state index in [1.807, 2.05) is 6.07 Å². The number of nitrogens with zero attached hydrogens (tertiary/aromatic N) is 2. The average molecular weight is 375 g/mol. The molecule has 1 aliphatic carbocycles. The molecule has 0 spiro atoms. The third kappa shape index (κ3) is 4.40. The lowest BCUT2D eigenvalue weighted by molar-refractivity contribution is -0.125. The van der Waals surface area contributed by atoms with Crippen molar-refractivity contribution >= 4 is 23.6 Å². The first-order valence-electron chi connectivity index (χ1n) is 9.11. The summed E-state index contributed by atoms with van der Waals surface area (Å²) in [4.78, 5) is 24.6. The van der Waals surface area contributed by atoms with Gasteiger partial charge in [-0.05, 0) is 25.7 Å². The molecule has 0 aromatic carbocycles. The third-order valence-electron chi connectivity index (χ3n) is 5.29. The highest BCUT2D eigenvalue weighted by molar-refractivity contribution is 8.04. The molecule has 2 rings (SSSR count). The zero-order valence-corrected chi connectivity index (χ0v) is 16.4. The maximum absolute atomic E-state index is 12.4. The maximum atomic E-state index is 12.4. The van der Waals surface area contributed by atoms with Crippen LogP contribution in [0.2, 0.25) is 0 Å². The lowest BCUT2D eigenvalue weighted by Gasteiger charge is -2.35. The lowest BCUT2D eigenvalue weighted by Crippen LogP contribution is -2.45. The van der Waals surface area contributed by atoms with Gasteiger partial charge in [-0.3, -0.25) is 9.59 Å². The van der Waals surface area contributed by atoms with Crippen LogP contribution in [0.15, 0.2) is 10.6 Å². The molecule has 26 heavy (non-hydrogen) atoms. The summed E-state index contributed by atoms with van der Waals surface area (Å²) in [5, 5.41) is 24.4. The summed E-state index contributed by atoms with van der Waals surface area (Å²) in [7, 11) is 0. The Hall–Kier alpha value is -1.99. The van der Waals surface area contributed by atoms with E-state index in [9.17, 15) is 20.1 Å². The van der Waals surface area contributed by atoms with Gasteiger partial charge in [0.2, 0.25) is 11.8 Å². The zero-order valence-electron chi connectivity index (χ0n) is 15.6. The number of allylic oxidation sites excluding steroid dienone is 1. The summed E-state index contributed by atoms with van der Waals surface area (Å²) in [5.74, 6) is -0.894. The number of hydrogen-bond donors (Lipinski definition) is 2. The number of amides is 2. The molecule has 2 amide bonds. The van der Waals surface area contributed by atoms with Crippen molar-refractivity contribution in [2.75, 3.05) is 6.54 Å². The molecule has 2 N–H and O–H groups in total. The van der Waals surface area contributed by atoms with Crippen LogP contribution in [0.25, 0.3) is 0 Å². The summed E-state index contributed by atoms with van der Waals surface area (Å²) >= 11 is 1.17. The van der Waals surface area contributed by atoms with Gasteiger partial charge in [0.15, 0.2) is 0 Å². The van der Waals surface area contributed by atoms with E-state index in [-0.39, 0.29) is 5.91 Å². The van der Waals surface area contributed by atoms with Crippen LogP contribution in [0.5, 0.6) is 0 Å². The van der Waals surface area contributed by atoms with Gasteiger partial charge in [-0.1, -0.05) is 44.9 Å². The largest absolute Gasteiger partial charge is 0.355 e. The Morgan fingerprint density at radius 2 is 2.00 bits per heavy atom. The number of rotatable bonds is 5. The molecular formula is C19H26N4O2S. The molecule has 0 bridgehead atoms. The van der Waals surface area contributed by atoms with Crippen molar-refractivity contribution in [2.45, 2.75) is 58.1 Å². The maximum Gasteiger partial charge on any atom is 0.243 e. The summed E-state index contributed by atoms with van der Waals surface area (Å²) in [6.07, 6.45) is 6.05. The molecule has 0 unspecified atom stereocenters. The molecule has 2 aliphatic rings. The fraction of sp³-hybridized carbons (Fsp3) is 0.684. The summed E-state index contributed by atoms with van der Waals surface area (Å²) in [6.45, 7) is 5.87. The van der Waals surface area contributed by atoms with Gasteiger partial charge in [-0.25, -0.2) is 0 Å². The van der Waals surface area contributed by atoms with E-state index >= 15 is 0 Å². The van der Waals surface area contributed by atoms with Gasteiger partial charge in [0.25, 0.3) is 0 Å². The van der Waals surface area contributed by atoms with Crippen LogP contribution in [0.4, 0.5) is 0 Å². The van der Waals surface area contributed by atoms with E-state index in [1.165, 1.54) is 31.0 Å². The highest BCUT2D eigenvalue weighted by Gasteiger charge is 2.45. The molecule has 1 saturated carbocycles. The highest BCUT2D eigenvalue weighted by Crippen LogP contribution is 2.42. The van der Waals surface area contributed by atoms with Crippen molar-refractivity contribution in [3.63, 3.8) is 0 Å². The van der Waals surface area contributed by atoms with Crippen LogP contribution >= 0.6 is 11.8 Å². The molecule has 2 atom stereocenters. The number of nitriles is 2. The van der Waals surface area contributed by atoms with E-state index in [4.69, 9.17) is 0 Å². The zero-order chi connectivity index (χ0) is 19.3. The second-order valence-corrected chi connectivity index (χ2v) is 8.95. The minimum Gasteiger partial charge on any atom is -0.355 e. The highest BCUT2D eigenvalue weighted by atomic mass is 32.2.